The summed E-state index contributed by atoms with van der Waals surface area (Å²) in [6, 6.07) is 0. The maximum atomic E-state index is 9.27. The van der Waals surface area contributed by atoms with E-state index in [0.717, 1.165) is 20.2 Å². The van der Waals surface area contributed by atoms with Crippen molar-refractivity contribution in [2.45, 2.75) is 0 Å². The molecule has 0 aliphatic carbocycles. The molecule has 0 N–H and O–H groups in total. The van der Waals surface area contributed by atoms with Gasteiger partial charge in [-0.2, -0.15) is 0 Å². The van der Waals surface area contributed by atoms with E-state index in [4.69, 9.17) is 0 Å². The van der Waals surface area contributed by atoms with Crippen LogP contribution in [0.1, 0.15) is 0 Å². The van der Waals surface area contributed by atoms with Crippen molar-refractivity contribution >= 4 is 51.4 Å². The van der Waals surface area contributed by atoms with E-state index in [2.05, 4.69) is 2.32 Å². The summed E-state index contributed by atoms with van der Waals surface area (Å²) in [7, 11) is 0. The number of rotatable bonds is 1. The zero-order valence-corrected chi connectivity index (χ0v) is 5.48. The first-order valence-corrected chi connectivity index (χ1v) is 3.24. The van der Waals surface area contributed by atoms with Crippen molar-refractivity contribution in [2.24, 2.45) is 0 Å². The van der Waals surface area contributed by atoms with Gasteiger partial charge in [0.25, 0.3) is 0 Å². The zero-order valence-electron chi connectivity index (χ0n) is 2.08. The van der Waals surface area contributed by atoms with Crippen molar-refractivity contribution < 1.29 is 45.3 Å². The molecule has 0 saturated carbocycles. The molecule has 0 bridgehead atoms. The maximum absolute atomic E-state index is 9.27. The van der Waals surface area contributed by atoms with E-state index < -0.39 is 15.4 Å². The molecule has 0 aliphatic heterocycles. The second kappa shape index (κ2) is 7.47. The Bertz CT molecular complexity index is 68.9. The van der Waals surface area contributed by atoms with E-state index in [-0.39, 0.29) is 51.4 Å². The molecule has 0 unspecified atom stereocenters. The Hall–Kier alpha value is 2.47. The van der Waals surface area contributed by atoms with Gasteiger partial charge in [0.05, 0.1) is 0 Å². The van der Waals surface area contributed by atoms with Gasteiger partial charge in [-0.15, -0.1) is 0 Å². The first-order valence-electron chi connectivity index (χ1n) is 0.714. The van der Waals surface area contributed by atoms with Crippen molar-refractivity contribution in [3.8, 4) is 0 Å². The Morgan fingerprint density at radius 2 is 1.67 bits per heavy atom. The molecule has 6 heteroatoms. The van der Waals surface area contributed by atoms with E-state index in [9.17, 15) is 7.35 Å². The summed E-state index contributed by atoms with van der Waals surface area (Å²) in [6.07, 6.45) is 0. The molecule has 0 atom stereocenters. The summed E-state index contributed by atoms with van der Waals surface area (Å²) < 4.78 is 22.3. The first-order chi connectivity index (χ1) is 2.27. The van der Waals surface area contributed by atoms with Crippen LogP contribution in [-0.4, -0.2) is 51.4 Å². The molecule has 0 aromatic heterocycles. The topological polar surface area (TPSA) is 43.4 Å². The molecule has 0 aliphatic rings. The van der Waals surface area contributed by atoms with E-state index in [0.29, 0.717) is 0 Å². The van der Waals surface area contributed by atoms with Gasteiger partial charge >= 0.3 is 96.6 Å². The van der Waals surface area contributed by atoms with E-state index in [1.54, 1.807) is 0 Å². The predicted molar refractivity (Wildman–Crippen MR) is 9.61 cm³/mol. The van der Waals surface area contributed by atoms with Crippen LogP contribution in [0, 0.1) is 0 Å². The van der Waals surface area contributed by atoms with Gasteiger partial charge in [0, 0.05) is 0 Å². The molecule has 0 aromatic carbocycles. The van der Waals surface area contributed by atoms with Crippen LogP contribution < -0.4 is 0 Å². The van der Waals surface area contributed by atoms with Crippen molar-refractivity contribution in [2.75, 3.05) is 0 Å². The summed E-state index contributed by atoms with van der Waals surface area (Å²) in [5, 5.41) is 0. The van der Waals surface area contributed by atoms with Gasteiger partial charge in [0.15, 0.2) is 0 Å². The molecular weight excluding hydrogens is 234 g/mol. The van der Waals surface area contributed by atoms with Gasteiger partial charge in [-0.05, 0) is 0 Å². The quantitative estimate of drug-likeness (QED) is 0.550. The molecule has 0 spiro atoms. The zero-order chi connectivity index (χ0) is 4.28. The average Bonchev–Trinajstić information content (AvgIpc) is 1.38. The predicted octanol–water partition coefficient (Wildman–Crippen LogP) is -0.960. The van der Waals surface area contributed by atoms with Crippen molar-refractivity contribution in [1.82, 2.24) is 0 Å². The van der Waals surface area contributed by atoms with E-state index >= 15 is 0 Å². The molecular formula is HKMoO3V. The molecule has 0 heterocycles. The van der Waals surface area contributed by atoms with Gasteiger partial charge in [0.2, 0.25) is 0 Å². The van der Waals surface area contributed by atoms with Crippen LogP contribution in [0.5, 0.6) is 0 Å². The fraction of sp³-hybridized carbons (Fsp3) is 0. The Morgan fingerprint density at radius 1 is 1.50 bits per heavy atom. The van der Waals surface area contributed by atoms with Crippen LogP contribution >= 0.6 is 0 Å². The van der Waals surface area contributed by atoms with Crippen LogP contribution in [-0.2, 0) is 45.3 Å². The number of hydrogen-bond acceptors (Lipinski definition) is 3. The third-order valence-electron chi connectivity index (χ3n) is 0.0609. The van der Waals surface area contributed by atoms with Gasteiger partial charge in [-0.25, -0.2) is 0 Å². The van der Waals surface area contributed by atoms with Gasteiger partial charge in [0.1, 0.15) is 0 Å². The molecule has 0 rings (SSSR count). The molecule has 0 radical (unpaired) electrons. The second-order valence-electron chi connectivity index (χ2n) is 0.298. The van der Waals surface area contributed by atoms with Crippen LogP contribution in [0.25, 0.3) is 0 Å². The monoisotopic (exact) mass is 237 g/mol. The molecule has 6 heavy (non-hydrogen) atoms. The minimum absolute atomic E-state index is 0. The molecule has 3 nitrogen and oxygen atoms in total. The first kappa shape index (κ1) is 11.3. The molecule has 0 saturated heterocycles. The molecule has 0 fully saturated rings. The van der Waals surface area contributed by atoms with Crippen LogP contribution in [0.15, 0.2) is 0 Å². The van der Waals surface area contributed by atoms with Gasteiger partial charge in [-0.1, -0.05) is 0 Å². The average molecular weight is 235 g/mol. The van der Waals surface area contributed by atoms with Crippen LogP contribution in [0.3, 0.4) is 0 Å². The summed E-state index contributed by atoms with van der Waals surface area (Å²) in [5.74, 6) is 0. The SMILES string of the molecule is [KH].[O]=[V](=[O])[O][Mo]. The van der Waals surface area contributed by atoms with Crippen molar-refractivity contribution in [3.63, 3.8) is 0 Å². The summed E-state index contributed by atoms with van der Waals surface area (Å²) in [6.45, 7) is 0. The fourth-order valence-corrected chi connectivity index (χ4v) is 0. The summed E-state index contributed by atoms with van der Waals surface area (Å²) in [4.78, 5) is 0. The van der Waals surface area contributed by atoms with Gasteiger partial charge < -0.3 is 0 Å². The Morgan fingerprint density at radius 3 is 1.67 bits per heavy atom. The molecule has 0 amide bonds. The van der Waals surface area contributed by atoms with Gasteiger partial charge in [-0.3, -0.25) is 0 Å². The summed E-state index contributed by atoms with van der Waals surface area (Å²) >= 11 is -2.12. The minimum atomic E-state index is -3.20. The third kappa shape index (κ3) is 9.69. The summed E-state index contributed by atoms with van der Waals surface area (Å²) in [5.41, 5.74) is 0. The van der Waals surface area contributed by atoms with E-state index in [1.165, 1.54) is 0 Å². The van der Waals surface area contributed by atoms with Crippen LogP contribution in [0.4, 0.5) is 0 Å². The molecule has 31 valence electrons. The second-order valence-corrected chi connectivity index (χ2v) is 2.74. The molecule has 0 aromatic rings. The van der Waals surface area contributed by atoms with Crippen molar-refractivity contribution in [1.29, 1.82) is 0 Å². The van der Waals surface area contributed by atoms with Crippen molar-refractivity contribution in [3.05, 3.63) is 0 Å². The number of hydrogen-bond donors (Lipinski definition) is 0. The Kier molecular flexibility index (Phi) is 14.1. The normalized spacial score (nSPS) is 6.00. The van der Waals surface area contributed by atoms with Crippen LogP contribution in [0.2, 0.25) is 0 Å². The van der Waals surface area contributed by atoms with E-state index in [1.807, 2.05) is 0 Å². The Balaban J connectivity index is 0. The standard InChI is InChI=1S/K.Mo.3O.V.H. The third-order valence-corrected chi connectivity index (χ3v) is 1.48. The Labute approximate surface area is 94.3 Å². The fourth-order valence-electron chi connectivity index (χ4n) is 0.